The molecular formula is C22H23BNO4P. The van der Waals surface area contributed by atoms with E-state index in [0.717, 1.165) is 12.0 Å². The van der Waals surface area contributed by atoms with E-state index in [0.29, 0.717) is 23.3 Å². The molecule has 29 heavy (non-hydrogen) atoms. The summed E-state index contributed by atoms with van der Waals surface area (Å²) in [4.78, 5) is 26.2. The molecule has 4 atom stereocenters. The van der Waals surface area contributed by atoms with Crippen LogP contribution in [0.2, 0.25) is 0 Å². The van der Waals surface area contributed by atoms with E-state index in [1.807, 2.05) is 24.3 Å². The van der Waals surface area contributed by atoms with Gasteiger partial charge in [-0.25, -0.2) is 0 Å². The third kappa shape index (κ3) is 3.19. The van der Waals surface area contributed by atoms with Crippen molar-refractivity contribution in [3.8, 4) is 5.75 Å². The van der Waals surface area contributed by atoms with Gasteiger partial charge in [-0.15, -0.1) is 0 Å². The molecule has 0 radical (unpaired) electrons. The Morgan fingerprint density at radius 2 is 2.00 bits per heavy atom. The number of carbonyl (C=O) groups is 2. The van der Waals surface area contributed by atoms with Crippen molar-refractivity contribution in [2.45, 2.75) is 43.6 Å². The van der Waals surface area contributed by atoms with Crippen LogP contribution in [0.1, 0.15) is 54.1 Å². The zero-order valence-corrected chi connectivity index (χ0v) is 17.5. The van der Waals surface area contributed by atoms with Gasteiger partial charge < -0.3 is 0 Å². The number of hydrogen-bond donors (Lipinski definition) is 1. The third-order valence-electron chi connectivity index (χ3n) is 6.65. The van der Waals surface area contributed by atoms with E-state index in [-0.39, 0.29) is 30.3 Å². The Labute approximate surface area is 173 Å². The Kier molecular flexibility index (Phi) is 5.26. The van der Waals surface area contributed by atoms with Gasteiger partial charge in [0.15, 0.2) is 0 Å². The maximum absolute atomic E-state index is 13.3. The standard InChI is InChI=1S/C22H23BNO4P/c1-2-21-13-20(26)22(27,14-6-4-3-5-7-14)12-15(21)10-19(25)17-11-16(28-23-24-29)8-9-18(17)21/h3-9,11,15,27H,2,10,12-13,29H2,1H3/t15-,21-,22-/m1/s1. The second-order valence-electron chi connectivity index (χ2n) is 7.94. The van der Waals surface area contributed by atoms with Crippen LogP contribution < -0.4 is 4.65 Å². The molecular weight excluding hydrogens is 384 g/mol. The van der Waals surface area contributed by atoms with Crippen molar-refractivity contribution in [1.82, 2.24) is 0 Å². The summed E-state index contributed by atoms with van der Waals surface area (Å²) in [5.74, 6) is 0.274. The van der Waals surface area contributed by atoms with E-state index < -0.39 is 11.0 Å². The van der Waals surface area contributed by atoms with Crippen LogP contribution in [-0.2, 0) is 15.8 Å². The molecule has 0 amide bonds. The van der Waals surface area contributed by atoms with Crippen LogP contribution in [-0.4, -0.2) is 23.9 Å². The van der Waals surface area contributed by atoms with E-state index in [4.69, 9.17) is 4.65 Å². The zero-order valence-electron chi connectivity index (χ0n) is 16.3. The molecule has 0 aliphatic heterocycles. The summed E-state index contributed by atoms with van der Waals surface area (Å²) in [5.41, 5.74) is 0.110. The quantitative estimate of drug-likeness (QED) is 0.619. The van der Waals surface area contributed by atoms with Crippen molar-refractivity contribution < 1.29 is 19.3 Å². The van der Waals surface area contributed by atoms with Crippen LogP contribution in [0.25, 0.3) is 0 Å². The fraction of sp³-hybridized carbons (Fsp3) is 0.364. The molecule has 7 heteroatoms. The molecule has 1 fully saturated rings. The van der Waals surface area contributed by atoms with Crippen LogP contribution in [0.5, 0.6) is 5.75 Å². The van der Waals surface area contributed by atoms with Gasteiger partial charge in [0.1, 0.15) is 0 Å². The number of rotatable bonds is 4. The topological polar surface area (TPSA) is 76.0 Å². The molecule has 1 N–H and O–H groups in total. The number of fused-ring (bicyclic) bond motifs is 3. The Morgan fingerprint density at radius 1 is 1.24 bits per heavy atom. The van der Waals surface area contributed by atoms with Crippen molar-refractivity contribution in [1.29, 1.82) is 0 Å². The molecule has 148 valence electrons. The number of hydrogen-bond acceptors (Lipinski definition) is 5. The molecule has 5 nitrogen and oxygen atoms in total. The molecule has 4 rings (SSSR count). The molecule has 2 aromatic rings. The Bertz CT molecular complexity index is 996. The van der Waals surface area contributed by atoms with Gasteiger partial charge in [-0.3, -0.25) is 0 Å². The van der Waals surface area contributed by atoms with Gasteiger partial charge in [-0.2, -0.15) is 0 Å². The molecule has 1 saturated carbocycles. The molecule has 2 aromatic carbocycles. The van der Waals surface area contributed by atoms with Crippen LogP contribution in [0.4, 0.5) is 0 Å². The predicted molar refractivity (Wildman–Crippen MR) is 114 cm³/mol. The van der Waals surface area contributed by atoms with Gasteiger partial charge in [0.05, 0.1) is 0 Å². The first kappa shape index (κ1) is 20.1. The summed E-state index contributed by atoms with van der Waals surface area (Å²) in [7, 11) is 3.48. The van der Waals surface area contributed by atoms with Crippen LogP contribution >= 0.6 is 9.39 Å². The molecule has 2 aliphatic carbocycles. The minimum atomic E-state index is -1.54. The Hall–Kier alpha value is -2.17. The SMILES string of the molecule is CC[C@@]12CC(=O)[C@](O)(c3ccccc3)C[C@H]1CC(=O)c1cc(OB=NP)ccc12. The first-order valence-electron chi connectivity index (χ1n) is 9.82. The van der Waals surface area contributed by atoms with Gasteiger partial charge in [-0.1, -0.05) is 6.07 Å². The van der Waals surface area contributed by atoms with Gasteiger partial charge >= 0.3 is 167 Å². The Balaban J connectivity index is 1.78. The number of ketones is 2. The molecule has 0 aromatic heterocycles. The van der Waals surface area contributed by atoms with E-state index in [1.54, 1.807) is 24.3 Å². The minimum absolute atomic E-state index is 0.0205. The zero-order chi connectivity index (χ0) is 20.6. The second-order valence-corrected chi connectivity index (χ2v) is 8.24. The molecule has 0 heterocycles. The maximum atomic E-state index is 13.3. The number of Topliss-reactive ketones (excluding diaryl/α,β-unsaturated/α-hetero) is 2. The summed E-state index contributed by atoms with van der Waals surface area (Å²) in [6.45, 7) is 2.05. The van der Waals surface area contributed by atoms with Gasteiger partial charge in [0, 0.05) is 0 Å². The predicted octanol–water partition coefficient (Wildman–Crippen LogP) is 3.76. The number of carbonyl (C=O) groups excluding carboxylic acids is 2. The summed E-state index contributed by atoms with van der Waals surface area (Å²) in [6, 6.07) is 14.5. The molecule has 2 aliphatic rings. The van der Waals surface area contributed by atoms with E-state index in [2.05, 4.69) is 21.0 Å². The normalized spacial score (nSPS) is 28.6. The van der Waals surface area contributed by atoms with E-state index in [9.17, 15) is 14.7 Å². The van der Waals surface area contributed by atoms with Crippen molar-refractivity contribution in [3.63, 3.8) is 0 Å². The Morgan fingerprint density at radius 3 is 2.69 bits per heavy atom. The van der Waals surface area contributed by atoms with Gasteiger partial charge in [0.25, 0.3) is 0 Å². The molecule has 0 saturated heterocycles. The van der Waals surface area contributed by atoms with E-state index in [1.165, 1.54) is 7.27 Å². The fourth-order valence-electron chi connectivity index (χ4n) is 5.11. The average Bonchev–Trinajstić information content (AvgIpc) is 2.74. The van der Waals surface area contributed by atoms with Crippen LogP contribution in [0.15, 0.2) is 53.2 Å². The number of nitrogens with zero attached hydrogens (tertiary/aromatic N) is 1. The summed E-state index contributed by atoms with van der Waals surface area (Å²) in [6.07, 6.45) is 1.51. The van der Waals surface area contributed by atoms with Crippen molar-refractivity contribution in [2.75, 3.05) is 0 Å². The van der Waals surface area contributed by atoms with Crippen molar-refractivity contribution >= 4 is 28.2 Å². The van der Waals surface area contributed by atoms with Crippen molar-refractivity contribution in [2.24, 2.45) is 10.6 Å². The van der Waals surface area contributed by atoms with E-state index >= 15 is 0 Å². The second kappa shape index (κ2) is 7.58. The summed E-state index contributed by atoms with van der Waals surface area (Å²) < 4.78 is 9.14. The number of benzene rings is 2. The molecule has 1 unspecified atom stereocenters. The monoisotopic (exact) mass is 407 g/mol. The number of aliphatic hydroxyl groups is 1. The van der Waals surface area contributed by atoms with Crippen molar-refractivity contribution in [3.05, 3.63) is 65.2 Å². The molecule has 0 bridgehead atoms. The summed E-state index contributed by atoms with van der Waals surface area (Å²) in [5, 5.41) is 11.3. The van der Waals surface area contributed by atoms with Gasteiger partial charge in [0.2, 0.25) is 0 Å². The third-order valence-corrected chi connectivity index (χ3v) is 6.77. The van der Waals surface area contributed by atoms with Crippen LogP contribution in [0.3, 0.4) is 0 Å². The summed E-state index contributed by atoms with van der Waals surface area (Å²) >= 11 is 0. The van der Waals surface area contributed by atoms with Gasteiger partial charge in [-0.05, 0) is 0 Å². The molecule has 0 spiro atoms. The first-order chi connectivity index (χ1) is 13.9. The average molecular weight is 407 g/mol. The van der Waals surface area contributed by atoms with Crippen LogP contribution in [0, 0.1) is 5.92 Å². The first-order valence-corrected chi connectivity index (χ1v) is 10.3. The fourth-order valence-corrected chi connectivity index (χ4v) is 5.17.